The van der Waals surface area contributed by atoms with Crippen LogP contribution in [0.4, 0.5) is 5.69 Å². The molecule has 2 aromatic carbocycles. The van der Waals surface area contributed by atoms with Gasteiger partial charge in [-0.3, -0.25) is 15.6 Å². The first-order chi connectivity index (χ1) is 11.8. The van der Waals surface area contributed by atoms with Crippen molar-refractivity contribution in [3.05, 3.63) is 57.6 Å². The van der Waals surface area contributed by atoms with Gasteiger partial charge in [-0.05, 0) is 61.5 Å². The fraction of sp³-hybridized carbons (Fsp3) is 0.176. The summed E-state index contributed by atoms with van der Waals surface area (Å²) in [6, 6.07) is 10.7. The molecule has 3 N–H and O–H groups in total. The highest BCUT2D eigenvalue weighted by atomic mass is 35.5. The number of carbonyl (C=O) groups excluding carboxylic acids is 1. The van der Waals surface area contributed by atoms with Gasteiger partial charge in [0.2, 0.25) is 0 Å². The number of carbonyl (C=O) groups is 1. The van der Waals surface area contributed by atoms with Crippen molar-refractivity contribution in [2.45, 2.75) is 13.8 Å². The van der Waals surface area contributed by atoms with Gasteiger partial charge in [-0.2, -0.15) is 0 Å². The number of amides is 1. The standard InChI is InChI=1S/C17H17Cl2N3O2S/c1-10-3-4-11(2)14(7-10)20-17(25)22-21-16(23)9-24-15-6-5-12(18)8-13(15)19/h3-8H,9H2,1-2H3,(H,21,23)(H2,20,22,25). The highest BCUT2D eigenvalue weighted by Gasteiger charge is 2.07. The van der Waals surface area contributed by atoms with Gasteiger partial charge >= 0.3 is 0 Å². The van der Waals surface area contributed by atoms with Crippen LogP contribution in [0.5, 0.6) is 5.75 Å². The second kappa shape index (κ2) is 8.89. The Balaban J connectivity index is 1.79. The summed E-state index contributed by atoms with van der Waals surface area (Å²) in [5, 5.41) is 4.12. The molecule has 2 rings (SSSR count). The van der Waals surface area contributed by atoms with Crippen LogP contribution in [-0.2, 0) is 4.79 Å². The maximum atomic E-state index is 11.8. The minimum Gasteiger partial charge on any atom is -0.482 e. The number of nitrogens with one attached hydrogen (secondary N) is 3. The number of hydrazine groups is 1. The van der Waals surface area contributed by atoms with Crippen molar-refractivity contribution in [1.29, 1.82) is 0 Å². The van der Waals surface area contributed by atoms with Crippen LogP contribution in [0.1, 0.15) is 11.1 Å². The van der Waals surface area contributed by atoms with Gasteiger partial charge in [0, 0.05) is 10.7 Å². The van der Waals surface area contributed by atoms with Crippen LogP contribution in [-0.4, -0.2) is 17.6 Å². The van der Waals surface area contributed by atoms with Gasteiger partial charge in [0.1, 0.15) is 5.75 Å². The van der Waals surface area contributed by atoms with Crippen LogP contribution in [0, 0.1) is 13.8 Å². The molecule has 8 heteroatoms. The number of aryl methyl sites for hydroxylation is 2. The Bertz CT molecular complexity index is 799. The van der Waals surface area contributed by atoms with Crippen LogP contribution in [0.15, 0.2) is 36.4 Å². The molecule has 2 aromatic rings. The van der Waals surface area contributed by atoms with E-state index in [4.69, 9.17) is 40.2 Å². The number of ether oxygens (including phenoxy) is 1. The van der Waals surface area contributed by atoms with Crippen molar-refractivity contribution in [2.75, 3.05) is 11.9 Å². The molecular formula is C17H17Cl2N3O2S. The monoisotopic (exact) mass is 397 g/mol. The first-order valence-electron chi connectivity index (χ1n) is 7.36. The summed E-state index contributed by atoms with van der Waals surface area (Å²) in [7, 11) is 0. The van der Waals surface area contributed by atoms with E-state index in [-0.39, 0.29) is 11.7 Å². The summed E-state index contributed by atoms with van der Waals surface area (Å²) in [6.45, 7) is 3.73. The molecule has 0 heterocycles. The molecule has 0 radical (unpaired) electrons. The summed E-state index contributed by atoms with van der Waals surface area (Å²) in [5.74, 6) is -0.0339. The van der Waals surface area contributed by atoms with E-state index in [1.807, 2.05) is 32.0 Å². The number of hydrogen-bond acceptors (Lipinski definition) is 3. The molecule has 0 fully saturated rings. The summed E-state index contributed by atoms with van der Waals surface area (Å²) >= 11 is 16.9. The predicted octanol–water partition coefficient (Wildman–Crippen LogP) is 4.01. The van der Waals surface area contributed by atoms with Crippen molar-refractivity contribution in [1.82, 2.24) is 10.9 Å². The molecular weight excluding hydrogens is 381 g/mol. The molecule has 0 unspecified atom stereocenters. The fourth-order valence-corrected chi connectivity index (χ4v) is 2.55. The predicted molar refractivity (Wildman–Crippen MR) is 105 cm³/mol. The lowest BCUT2D eigenvalue weighted by Gasteiger charge is -2.14. The molecule has 0 aliphatic carbocycles. The van der Waals surface area contributed by atoms with Crippen molar-refractivity contribution in [3.63, 3.8) is 0 Å². The Kier molecular flexibility index (Phi) is 6.87. The second-order valence-corrected chi connectivity index (χ2v) is 6.56. The van der Waals surface area contributed by atoms with Gasteiger partial charge in [-0.15, -0.1) is 0 Å². The summed E-state index contributed by atoms with van der Waals surface area (Å²) in [4.78, 5) is 11.8. The van der Waals surface area contributed by atoms with Gasteiger partial charge in [0.25, 0.3) is 5.91 Å². The zero-order valence-electron chi connectivity index (χ0n) is 13.7. The average Bonchev–Trinajstić information content (AvgIpc) is 2.55. The first kappa shape index (κ1) is 19.3. The van der Waals surface area contributed by atoms with E-state index in [0.717, 1.165) is 16.8 Å². The molecule has 0 saturated carbocycles. The van der Waals surface area contributed by atoms with E-state index < -0.39 is 5.91 Å². The molecule has 5 nitrogen and oxygen atoms in total. The minimum atomic E-state index is -0.406. The number of benzene rings is 2. The molecule has 0 saturated heterocycles. The smallest absolute Gasteiger partial charge is 0.276 e. The zero-order valence-corrected chi connectivity index (χ0v) is 16.0. The van der Waals surface area contributed by atoms with Crippen LogP contribution in [0.25, 0.3) is 0 Å². The van der Waals surface area contributed by atoms with Gasteiger partial charge < -0.3 is 10.1 Å². The van der Waals surface area contributed by atoms with Crippen LogP contribution in [0.2, 0.25) is 10.0 Å². The molecule has 0 aromatic heterocycles. The van der Waals surface area contributed by atoms with E-state index >= 15 is 0 Å². The maximum Gasteiger partial charge on any atom is 0.276 e. The van der Waals surface area contributed by atoms with Crippen molar-refractivity contribution in [3.8, 4) is 5.75 Å². The molecule has 0 bridgehead atoms. The Morgan fingerprint density at radius 2 is 1.88 bits per heavy atom. The fourth-order valence-electron chi connectivity index (χ4n) is 1.92. The lowest BCUT2D eigenvalue weighted by atomic mass is 10.1. The van der Waals surface area contributed by atoms with Gasteiger partial charge in [0.15, 0.2) is 11.7 Å². The topological polar surface area (TPSA) is 62.4 Å². The number of halogens is 2. The quantitative estimate of drug-likeness (QED) is 0.537. The molecule has 0 atom stereocenters. The highest BCUT2D eigenvalue weighted by molar-refractivity contribution is 7.80. The number of hydrogen-bond donors (Lipinski definition) is 3. The Morgan fingerprint density at radius 1 is 1.12 bits per heavy atom. The third-order valence-corrected chi connectivity index (χ3v) is 3.94. The summed E-state index contributed by atoms with van der Waals surface area (Å²) in [6.07, 6.45) is 0. The molecule has 0 aliphatic heterocycles. The molecule has 132 valence electrons. The molecule has 25 heavy (non-hydrogen) atoms. The highest BCUT2D eigenvalue weighted by Crippen LogP contribution is 2.27. The van der Waals surface area contributed by atoms with E-state index in [9.17, 15) is 4.79 Å². The van der Waals surface area contributed by atoms with Crippen molar-refractivity contribution in [2.24, 2.45) is 0 Å². The summed E-state index contributed by atoms with van der Waals surface area (Å²) < 4.78 is 5.33. The lowest BCUT2D eigenvalue weighted by Crippen LogP contribution is -2.45. The van der Waals surface area contributed by atoms with E-state index in [1.165, 1.54) is 6.07 Å². The van der Waals surface area contributed by atoms with Crippen LogP contribution < -0.4 is 20.9 Å². The number of anilines is 1. The minimum absolute atomic E-state index is 0.222. The van der Waals surface area contributed by atoms with Crippen molar-refractivity contribution >= 4 is 52.1 Å². The Morgan fingerprint density at radius 3 is 2.60 bits per heavy atom. The van der Waals surface area contributed by atoms with Crippen LogP contribution in [0.3, 0.4) is 0 Å². The lowest BCUT2D eigenvalue weighted by molar-refractivity contribution is -0.123. The summed E-state index contributed by atoms with van der Waals surface area (Å²) in [5.41, 5.74) is 8.09. The van der Waals surface area contributed by atoms with E-state index in [2.05, 4.69) is 16.2 Å². The normalized spacial score (nSPS) is 10.1. The number of thiocarbonyl (C=S) groups is 1. The van der Waals surface area contributed by atoms with E-state index in [0.29, 0.717) is 15.8 Å². The molecule has 0 spiro atoms. The third-order valence-electron chi connectivity index (χ3n) is 3.21. The molecule has 1 amide bonds. The second-order valence-electron chi connectivity index (χ2n) is 5.31. The van der Waals surface area contributed by atoms with E-state index in [1.54, 1.807) is 12.1 Å². The SMILES string of the molecule is Cc1ccc(C)c(NC(=S)NNC(=O)COc2ccc(Cl)cc2Cl)c1. The third kappa shape index (κ3) is 6.08. The zero-order chi connectivity index (χ0) is 18.4. The maximum absolute atomic E-state index is 11.8. The van der Waals surface area contributed by atoms with Gasteiger partial charge in [-0.25, -0.2) is 0 Å². The largest absolute Gasteiger partial charge is 0.482 e. The number of rotatable bonds is 4. The Hall–Kier alpha value is -2.02. The first-order valence-corrected chi connectivity index (χ1v) is 8.52. The Labute approximate surface area is 161 Å². The van der Waals surface area contributed by atoms with Crippen molar-refractivity contribution < 1.29 is 9.53 Å². The molecule has 0 aliphatic rings. The van der Waals surface area contributed by atoms with Crippen LogP contribution >= 0.6 is 35.4 Å². The average molecular weight is 398 g/mol. The van der Waals surface area contributed by atoms with Gasteiger partial charge in [-0.1, -0.05) is 35.3 Å². The van der Waals surface area contributed by atoms with Gasteiger partial charge in [0.05, 0.1) is 5.02 Å².